The van der Waals surface area contributed by atoms with Gasteiger partial charge in [-0.3, -0.25) is 0 Å². The Balaban J connectivity index is 1.74. The minimum atomic E-state index is -0.0723. The normalized spacial score (nSPS) is 19.4. The van der Waals surface area contributed by atoms with Crippen LogP contribution in [0.2, 0.25) is 0 Å². The van der Waals surface area contributed by atoms with Crippen LogP contribution in [-0.4, -0.2) is 37.8 Å². The van der Waals surface area contributed by atoms with Crippen molar-refractivity contribution in [3.05, 3.63) is 35.9 Å². The summed E-state index contributed by atoms with van der Waals surface area (Å²) in [4.78, 5) is 0. The van der Waals surface area contributed by atoms with Gasteiger partial charge in [0.2, 0.25) is 0 Å². The lowest BCUT2D eigenvalue weighted by molar-refractivity contribution is -0.165. The molecule has 20 heavy (non-hydrogen) atoms. The number of hydrogen-bond donors (Lipinski definition) is 1. The highest BCUT2D eigenvalue weighted by molar-refractivity contribution is 5.57. The molecule has 0 spiro atoms. The molecule has 1 N–H and O–H groups in total. The quantitative estimate of drug-likeness (QED) is 0.779. The highest BCUT2D eigenvalue weighted by Gasteiger charge is 2.13. The number of aliphatic hydroxyl groups excluding tert-OH is 1. The molecule has 1 heterocycles. The molecule has 1 saturated heterocycles. The van der Waals surface area contributed by atoms with Gasteiger partial charge in [-0.15, -0.1) is 0 Å². The molecule has 0 bridgehead atoms. The summed E-state index contributed by atoms with van der Waals surface area (Å²) in [6, 6.07) is 7.73. The summed E-state index contributed by atoms with van der Waals surface area (Å²) in [7, 11) is 0. The fourth-order valence-electron chi connectivity index (χ4n) is 2.10. The van der Waals surface area contributed by atoms with Gasteiger partial charge >= 0.3 is 0 Å². The lowest BCUT2D eigenvalue weighted by Gasteiger charge is -2.22. The standard InChI is InChI=1S/C16H22O4/c17-10-5-7-14-6-1-2-8-15(14)18-12-13-20-16-9-3-4-11-19-16/h1-2,5-8,16-17H,3-4,9-13H2/b7-5+/t16-/m1/s1. The fourth-order valence-corrected chi connectivity index (χ4v) is 2.10. The minimum Gasteiger partial charge on any atom is -0.491 e. The average molecular weight is 278 g/mol. The summed E-state index contributed by atoms with van der Waals surface area (Å²) in [6.45, 7) is 1.82. The van der Waals surface area contributed by atoms with E-state index in [4.69, 9.17) is 19.3 Å². The van der Waals surface area contributed by atoms with Gasteiger partial charge in [0, 0.05) is 12.2 Å². The van der Waals surface area contributed by atoms with E-state index >= 15 is 0 Å². The second kappa shape index (κ2) is 8.74. The molecule has 1 aliphatic rings. The van der Waals surface area contributed by atoms with E-state index in [1.807, 2.05) is 30.3 Å². The van der Waals surface area contributed by atoms with Crippen molar-refractivity contribution in [2.75, 3.05) is 26.4 Å². The van der Waals surface area contributed by atoms with E-state index in [1.165, 1.54) is 6.42 Å². The van der Waals surface area contributed by atoms with Crippen molar-refractivity contribution in [2.24, 2.45) is 0 Å². The summed E-state index contributed by atoms with van der Waals surface area (Å²) >= 11 is 0. The molecule has 0 aromatic heterocycles. The van der Waals surface area contributed by atoms with Crippen molar-refractivity contribution in [1.29, 1.82) is 0 Å². The van der Waals surface area contributed by atoms with Crippen LogP contribution in [0.3, 0.4) is 0 Å². The number of aliphatic hydroxyl groups is 1. The number of hydrogen-bond acceptors (Lipinski definition) is 4. The number of ether oxygens (including phenoxy) is 3. The number of para-hydroxylation sites is 1. The first-order valence-corrected chi connectivity index (χ1v) is 7.12. The zero-order valence-electron chi connectivity index (χ0n) is 11.7. The first-order chi connectivity index (χ1) is 9.90. The molecule has 1 fully saturated rings. The van der Waals surface area contributed by atoms with Gasteiger partial charge in [0.1, 0.15) is 12.4 Å². The molecule has 1 atom stereocenters. The topological polar surface area (TPSA) is 47.9 Å². The van der Waals surface area contributed by atoms with Crippen LogP contribution in [0, 0.1) is 0 Å². The second-order valence-corrected chi connectivity index (χ2v) is 4.64. The van der Waals surface area contributed by atoms with Crippen LogP contribution in [0.1, 0.15) is 24.8 Å². The summed E-state index contributed by atoms with van der Waals surface area (Å²) in [6.07, 6.45) is 6.73. The molecule has 0 aliphatic carbocycles. The zero-order chi connectivity index (χ0) is 14.0. The van der Waals surface area contributed by atoms with Gasteiger partial charge in [-0.05, 0) is 25.3 Å². The van der Waals surface area contributed by atoms with Crippen molar-refractivity contribution < 1.29 is 19.3 Å². The number of rotatable bonds is 7. The molecule has 2 rings (SSSR count). The third kappa shape index (κ3) is 4.96. The van der Waals surface area contributed by atoms with Gasteiger partial charge < -0.3 is 19.3 Å². The van der Waals surface area contributed by atoms with Crippen LogP contribution in [0.25, 0.3) is 6.08 Å². The Morgan fingerprint density at radius 2 is 2.15 bits per heavy atom. The number of benzene rings is 1. The lowest BCUT2D eigenvalue weighted by Crippen LogP contribution is -2.24. The Morgan fingerprint density at radius 1 is 1.25 bits per heavy atom. The molecule has 0 unspecified atom stereocenters. The summed E-state index contributed by atoms with van der Waals surface area (Å²) in [5.74, 6) is 0.797. The van der Waals surface area contributed by atoms with Crippen molar-refractivity contribution in [3.63, 3.8) is 0 Å². The molecular formula is C16H22O4. The van der Waals surface area contributed by atoms with Gasteiger partial charge in [0.05, 0.1) is 13.2 Å². The van der Waals surface area contributed by atoms with E-state index in [0.29, 0.717) is 13.2 Å². The average Bonchev–Trinajstić information content (AvgIpc) is 2.51. The SMILES string of the molecule is OC/C=C/c1ccccc1OCCO[C@@H]1CCCCO1. The van der Waals surface area contributed by atoms with Crippen molar-refractivity contribution in [1.82, 2.24) is 0 Å². The van der Waals surface area contributed by atoms with Gasteiger partial charge in [-0.1, -0.05) is 30.4 Å². The molecule has 1 aliphatic heterocycles. The summed E-state index contributed by atoms with van der Waals surface area (Å²) in [5.41, 5.74) is 0.954. The smallest absolute Gasteiger partial charge is 0.157 e. The Hall–Kier alpha value is -1.36. The minimum absolute atomic E-state index is 0.0243. The third-order valence-corrected chi connectivity index (χ3v) is 3.10. The van der Waals surface area contributed by atoms with Crippen LogP contribution < -0.4 is 4.74 Å². The first-order valence-electron chi connectivity index (χ1n) is 7.12. The zero-order valence-corrected chi connectivity index (χ0v) is 11.7. The van der Waals surface area contributed by atoms with Gasteiger partial charge in [0.15, 0.2) is 6.29 Å². The van der Waals surface area contributed by atoms with Gasteiger partial charge in [-0.25, -0.2) is 0 Å². The van der Waals surface area contributed by atoms with E-state index in [1.54, 1.807) is 6.08 Å². The molecule has 110 valence electrons. The van der Waals surface area contributed by atoms with E-state index in [9.17, 15) is 0 Å². The largest absolute Gasteiger partial charge is 0.491 e. The van der Waals surface area contributed by atoms with E-state index in [2.05, 4.69) is 0 Å². The van der Waals surface area contributed by atoms with Gasteiger partial charge in [0.25, 0.3) is 0 Å². The molecule has 4 nitrogen and oxygen atoms in total. The van der Waals surface area contributed by atoms with E-state index in [-0.39, 0.29) is 12.9 Å². The predicted molar refractivity (Wildman–Crippen MR) is 77.6 cm³/mol. The molecule has 0 saturated carbocycles. The van der Waals surface area contributed by atoms with Crippen LogP contribution in [0.4, 0.5) is 0 Å². The van der Waals surface area contributed by atoms with Crippen LogP contribution in [0.5, 0.6) is 5.75 Å². The fraction of sp³-hybridized carbons (Fsp3) is 0.500. The molecule has 1 aromatic rings. The van der Waals surface area contributed by atoms with Crippen LogP contribution in [0.15, 0.2) is 30.3 Å². The lowest BCUT2D eigenvalue weighted by atomic mass is 10.2. The maximum atomic E-state index is 8.82. The maximum absolute atomic E-state index is 8.82. The van der Waals surface area contributed by atoms with Crippen molar-refractivity contribution in [3.8, 4) is 5.75 Å². The van der Waals surface area contributed by atoms with Crippen LogP contribution in [-0.2, 0) is 9.47 Å². The Labute approximate surface area is 120 Å². The molecular weight excluding hydrogens is 256 g/mol. The van der Waals surface area contributed by atoms with E-state index in [0.717, 1.165) is 30.8 Å². The highest BCUT2D eigenvalue weighted by Crippen LogP contribution is 2.19. The van der Waals surface area contributed by atoms with E-state index < -0.39 is 0 Å². The summed E-state index contributed by atoms with van der Waals surface area (Å²) in [5, 5.41) is 8.82. The Bertz CT molecular complexity index is 411. The monoisotopic (exact) mass is 278 g/mol. The summed E-state index contributed by atoms with van der Waals surface area (Å²) < 4.78 is 16.8. The second-order valence-electron chi connectivity index (χ2n) is 4.64. The van der Waals surface area contributed by atoms with Crippen molar-refractivity contribution in [2.45, 2.75) is 25.6 Å². The predicted octanol–water partition coefficient (Wildman–Crippen LogP) is 2.61. The maximum Gasteiger partial charge on any atom is 0.157 e. The van der Waals surface area contributed by atoms with Gasteiger partial charge in [-0.2, -0.15) is 0 Å². The third-order valence-electron chi connectivity index (χ3n) is 3.10. The highest BCUT2D eigenvalue weighted by atomic mass is 16.7. The molecule has 1 aromatic carbocycles. The Kier molecular flexibility index (Phi) is 6.57. The Morgan fingerprint density at radius 3 is 2.95 bits per heavy atom. The first kappa shape index (κ1) is 15.0. The molecule has 0 radical (unpaired) electrons. The molecule has 0 amide bonds. The van der Waals surface area contributed by atoms with Crippen LogP contribution >= 0.6 is 0 Å². The molecule has 4 heteroatoms. The van der Waals surface area contributed by atoms with Crippen molar-refractivity contribution >= 4 is 6.08 Å².